The molecule has 9 nitrogen and oxygen atoms in total. The van der Waals surface area contributed by atoms with Gasteiger partial charge in [-0.25, -0.2) is 4.98 Å². The molecule has 2 heterocycles. The number of nitrogens with one attached hydrogen (secondary N) is 1. The maximum atomic E-state index is 13.6. The molecule has 0 bridgehead atoms. The number of carbonyl (C=O) groups is 2. The second kappa shape index (κ2) is 11.9. The number of benzene rings is 2. The maximum Gasteiger partial charge on any atom is 0.275 e. The standard InChI is InChI=1S/C28H33N5O4/c1-19-15-33(20(2)18-34)28(36)22-10-7-11-23(31-27(35)24-14-29-12-13-30-24)26(22)37-25(19)17-32(3)16-21-8-5-4-6-9-21/h4-14,19-20,25,34H,15-18H2,1-3H3,(H,31,35)/t19-,20+,25-/m1/s1. The van der Waals surface area contributed by atoms with Crippen LogP contribution in [0.4, 0.5) is 5.69 Å². The van der Waals surface area contributed by atoms with E-state index in [-0.39, 0.29) is 36.3 Å². The van der Waals surface area contributed by atoms with Crippen LogP contribution in [0.2, 0.25) is 0 Å². The number of anilines is 1. The molecule has 2 aromatic carbocycles. The summed E-state index contributed by atoms with van der Waals surface area (Å²) in [6.45, 7) is 5.47. The van der Waals surface area contributed by atoms with Crippen LogP contribution in [-0.2, 0) is 6.54 Å². The fourth-order valence-electron chi connectivity index (χ4n) is 4.43. The number of hydrogen-bond acceptors (Lipinski definition) is 7. The SMILES string of the molecule is C[C@@H]1CN([C@@H](C)CO)C(=O)c2cccc(NC(=O)c3cnccn3)c2O[C@@H]1CN(C)Cc1ccccc1. The highest BCUT2D eigenvalue weighted by atomic mass is 16.5. The van der Waals surface area contributed by atoms with Gasteiger partial charge >= 0.3 is 0 Å². The minimum atomic E-state index is -0.453. The highest BCUT2D eigenvalue weighted by Crippen LogP contribution is 2.35. The van der Waals surface area contributed by atoms with Gasteiger partial charge in [-0.3, -0.25) is 19.5 Å². The zero-order valence-corrected chi connectivity index (χ0v) is 21.4. The van der Waals surface area contributed by atoms with E-state index in [1.165, 1.54) is 24.2 Å². The molecule has 0 aliphatic carbocycles. The summed E-state index contributed by atoms with van der Waals surface area (Å²) in [7, 11) is 2.03. The quantitative estimate of drug-likeness (QED) is 0.486. The lowest BCUT2D eigenvalue weighted by atomic mass is 9.98. The van der Waals surface area contributed by atoms with Crippen molar-refractivity contribution in [3.05, 3.63) is 83.9 Å². The predicted molar refractivity (Wildman–Crippen MR) is 140 cm³/mol. The van der Waals surface area contributed by atoms with Crippen molar-refractivity contribution in [2.45, 2.75) is 32.5 Å². The molecule has 0 saturated heterocycles. The van der Waals surface area contributed by atoms with E-state index in [1.807, 2.05) is 39.1 Å². The molecule has 9 heteroatoms. The Morgan fingerprint density at radius 2 is 2.00 bits per heavy atom. The average Bonchev–Trinajstić information content (AvgIpc) is 2.91. The van der Waals surface area contributed by atoms with E-state index in [2.05, 4.69) is 32.3 Å². The first-order valence-electron chi connectivity index (χ1n) is 12.4. The van der Waals surface area contributed by atoms with E-state index in [1.54, 1.807) is 23.1 Å². The van der Waals surface area contributed by atoms with Crippen LogP contribution in [0.15, 0.2) is 67.1 Å². The Morgan fingerprint density at radius 3 is 2.70 bits per heavy atom. The fourth-order valence-corrected chi connectivity index (χ4v) is 4.43. The lowest BCUT2D eigenvalue weighted by Gasteiger charge is -2.38. The molecule has 0 spiro atoms. The van der Waals surface area contributed by atoms with Crippen molar-refractivity contribution in [1.82, 2.24) is 19.8 Å². The number of rotatable bonds is 8. The van der Waals surface area contributed by atoms with E-state index < -0.39 is 5.91 Å². The molecule has 3 atom stereocenters. The zero-order chi connectivity index (χ0) is 26.4. The van der Waals surface area contributed by atoms with Crippen LogP contribution >= 0.6 is 0 Å². The molecule has 3 aromatic rings. The molecule has 1 aromatic heterocycles. The number of likely N-dealkylation sites (N-methyl/N-ethyl adjacent to an activating group) is 1. The number of carbonyl (C=O) groups excluding carboxylic acids is 2. The van der Waals surface area contributed by atoms with Crippen molar-refractivity contribution in [3.63, 3.8) is 0 Å². The molecule has 2 N–H and O–H groups in total. The Hall–Kier alpha value is -3.82. The predicted octanol–water partition coefficient (Wildman–Crippen LogP) is 3.08. The Balaban J connectivity index is 1.67. The number of fused-ring (bicyclic) bond motifs is 1. The van der Waals surface area contributed by atoms with Crippen LogP contribution in [-0.4, -0.2) is 75.6 Å². The van der Waals surface area contributed by atoms with Gasteiger partial charge in [0.2, 0.25) is 0 Å². The monoisotopic (exact) mass is 503 g/mol. The van der Waals surface area contributed by atoms with E-state index in [0.29, 0.717) is 30.1 Å². The number of aromatic nitrogens is 2. The number of nitrogens with zero attached hydrogens (tertiary/aromatic N) is 4. The first kappa shape index (κ1) is 26.2. The lowest BCUT2D eigenvalue weighted by Crippen LogP contribution is -2.49. The average molecular weight is 504 g/mol. The van der Waals surface area contributed by atoms with E-state index >= 15 is 0 Å². The third kappa shape index (κ3) is 6.31. The number of aliphatic hydroxyl groups excluding tert-OH is 1. The fraction of sp³-hybridized carbons (Fsp3) is 0.357. The number of hydrogen-bond donors (Lipinski definition) is 2. The second-order valence-electron chi connectivity index (χ2n) is 9.53. The molecule has 37 heavy (non-hydrogen) atoms. The first-order chi connectivity index (χ1) is 17.9. The molecule has 2 amide bonds. The molecule has 0 radical (unpaired) electrons. The summed E-state index contributed by atoms with van der Waals surface area (Å²) in [5, 5.41) is 12.7. The zero-order valence-electron chi connectivity index (χ0n) is 21.4. The van der Waals surface area contributed by atoms with Crippen LogP contribution in [0.3, 0.4) is 0 Å². The number of ether oxygens (including phenoxy) is 1. The largest absolute Gasteiger partial charge is 0.486 e. The molecule has 1 aliphatic rings. The van der Waals surface area contributed by atoms with Gasteiger partial charge in [0.05, 0.1) is 30.1 Å². The van der Waals surface area contributed by atoms with Crippen LogP contribution in [0.1, 0.15) is 40.3 Å². The van der Waals surface area contributed by atoms with Crippen molar-refractivity contribution < 1.29 is 19.4 Å². The second-order valence-corrected chi connectivity index (χ2v) is 9.53. The van der Waals surface area contributed by atoms with Crippen LogP contribution in [0.5, 0.6) is 5.75 Å². The summed E-state index contributed by atoms with van der Waals surface area (Å²) in [6.07, 6.45) is 4.02. The summed E-state index contributed by atoms with van der Waals surface area (Å²) >= 11 is 0. The summed E-state index contributed by atoms with van der Waals surface area (Å²) in [5.74, 6) is -0.446. The van der Waals surface area contributed by atoms with Crippen molar-refractivity contribution in [2.24, 2.45) is 5.92 Å². The van der Waals surface area contributed by atoms with Crippen LogP contribution in [0, 0.1) is 5.92 Å². The molecule has 194 valence electrons. The highest BCUT2D eigenvalue weighted by Gasteiger charge is 2.34. The third-order valence-electron chi connectivity index (χ3n) is 6.52. The lowest BCUT2D eigenvalue weighted by molar-refractivity contribution is 0.0343. The van der Waals surface area contributed by atoms with Gasteiger partial charge in [-0.2, -0.15) is 0 Å². The molecule has 4 rings (SSSR count). The van der Waals surface area contributed by atoms with Gasteiger partial charge in [-0.15, -0.1) is 0 Å². The number of para-hydroxylation sites is 1. The Bertz CT molecular complexity index is 1210. The molecule has 0 saturated carbocycles. The Labute approximate surface area is 217 Å². The minimum Gasteiger partial charge on any atom is -0.486 e. The Kier molecular flexibility index (Phi) is 8.47. The maximum absolute atomic E-state index is 13.6. The molecular weight excluding hydrogens is 470 g/mol. The summed E-state index contributed by atoms with van der Waals surface area (Å²) in [6, 6.07) is 14.9. The summed E-state index contributed by atoms with van der Waals surface area (Å²) in [5.41, 5.74) is 2.05. The molecule has 0 unspecified atom stereocenters. The van der Waals surface area contributed by atoms with Gasteiger partial charge in [-0.05, 0) is 31.7 Å². The highest BCUT2D eigenvalue weighted by molar-refractivity contribution is 6.06. The van der Waals surface area contributed by atoms with Gasteiger partial charge in [-0.1, -0.05) is 43.3 Å². The van der Waals surface area contributed by atoms with Crippen molar-refractivity contribution in [1.29, 1.82) is 0 Å². The van der Waals surface area contributed by atoms with E-state index in [0.717, 1.165) is 6.54 Å². The normalized spacial score (nSPS) is 18.4. The van der Waals surface area contributed by atoms with Crippen molar-refractivity contribution in [2.75, 3.05) is 32.1 Å². The third-order valence-corrected chi connectivity index (χ3v) is 6.52. The van der Waals surface area contributed by atoms with Gasteiger partial charge in [0, 0.05) is 37.9 Å². The summed E-state index contributed by atoms with van der Waals surface area (Å²) < 4.78 is 6.56. The number of amides is 2. The van der Waals surface area contributed by atoms with Crippen molar-refractivity contribution >= 4 is 17.5 Å². The summed E-state index contributed by atoms with van der Waals surface area (Å²) in [4.78, 5) is 38.4. The molecular formula is C28H33N5O4. The number of aliphatic hydroxyl groups is 1. The first-order valence-corrected chi connectivity index (χ1v) is 12.4. The van der Waals surface area contributed by atoms with Gasteiger partial charge < -0.3 is 20.1 Å². The van der Waals surface area contributed by atoms with E-state index in [9.17, 15) is 14.7 Å². The van der Waals surface area contributed by atoms with Crippen LogP contribution in [0.25, 0.3) is 0 Å². The van der Waals surface area contributed by atoms with Crippen molar-refractivity contribution in [3.8, 4) is 5.75 Å². The van der Waals surface area contributed by atoms with Gasteiger partial charge in [0.1, 0.15) is 11.8 Å². The minimum absolute atomic E-state index is 0.0481. The van der Waals surface area contributed by atoms with Gasteiger partial charge in [0.25, 0.3) is 11.8 Å². The Morgan fingerprint density at radius 1 is 1.22 bits per heavy atom. The molecule has 1 aliphatic heterocycles. The van der Waals surface area contributed by atoms with Gasteiger partial charge in [0.15, 0.2) is 5.75 Å². The molecule has 0 fully saturated rings. The smallest absolute Gasteiger partial charge is 0.275 e. The van der Waals surface area contributed by atoms with E-state index in [4.69, 9.17) is 4.74 Å². The van der Waals surface area contributed by atoms with Crippen LogP contribution < -0.4 is 10.1 Å². The topological polar surface area (TPSA) is 108 Å².